The summed E-state index contributed by atoms with van der Waals surface area (Å²) in [5.74, 6) is 1.75. The van der Waals surface area contributed by atoms with Gasteiger partial charge in [0.1, 0.15) is 17.5 Å². The highest BCUT2D eigenvalue weighted by Gasteiger charge is 2.24. The van der Waals surface area contributed by atoms with Crippen LogP contribution in [0.4, 0.5) is 0 Å². The second-order valence-electron chi connectivity index (χ2n) is 9.69. The van der Waals surface area contributed by atoms with Crippen LogP contribution in [0.25, 0.3) is 11.0 Å². The highest BCUT2D eigenvalue weighted by atomic mass is 16.5. The Balaban J connectivity index is 1.50. The Hall–Kier alpha value is -2.91. The van der Waals surface area contributed by atoms with E-state index in [1.807, 2.05) is 0 Å². The van der Waals surface area contributed by atoms with Gasteiger partial charge in [-0.3, -0.25) is 4.90 Å². The van der Waals surface area contributed by atoms with Gasteiger partial charge in [-0.1, -0.05) is 32.9 Å². The lowest BCUT2D eigenvalue weighted by Gasteiger charge is -2.33. The molecule has 1 fully saturated rings. The molecule has 0 bridgehead atoms. The van der Waals surface area contributed by atoms with Crippen LogP contribution >= 0.6 is 0 Å². The lowest BCUT2D eigenvalue weighted by Crippen LogP contribution is -2.33. The van der Waals surface area contributed by atoms with Crippen molar-refractivity contribution in [1.82, 2.24) is 19.4 Å². The minimum atomic E-state index is 0.111. The monoisotopic (exact) mass is 417 g/mol. The molecular weight excluding hydrogens is 386 g/mol. The Bertz CT molecular complexity index is 1080. The van der Waals surface area contributed by atoms with Gasteiger partial charge in [0, 0.05) is 30.4 Å². The number of methoxy groups -OCH3 is 1. The molecule has 3 aromatic rings. The third-order valence-corrected chi connectivity index (χ3v) is 6.01. The highest BCUT2D eigenvalue weighted by Crippen LogP contribution is 2.31. The molecule has 3 heterocycles. The molecule has 0 saturated carbocycles. The number of nitrogens with zero attached hydrogens (tertiary/aromatic N) is 5. The van der Waals surface area contributed by atoms with Crippen molar-refractivity contribution in [2.45, 2.75) is 52.6 Å². The summed E-state index contributed by atoms with van der Waals surface area (Å²) in [6.07, 6.45) is 4.09. The smallest absolute Gasteiger partial charge is 0.234 e. The largest absolute Gasteiger partial charge is 0.497 e. The zero-order chi connectivity index (χ0) is 22.0. The van der Waals surface area contributed by atoms with Gasteiger partial charge in [-0.15, -0.1) is 0 Å². The quantitative estimate of drug-likeness (QED) is 0.600. The van der Waals surface area contributed by atoms with Crippen LogP contribution in [-0.4, -0.2) is 39.6 Å². The molecule has 1 aliphatic rings. The van der Waals surface area contributed by atoms with Gasteiger partial charge < -0.3 is 9.30 Å². The molecule has 0 radical (unpaired) electrons. The maximum absolute atomic E-state index is 9.24. The highest BCUT2D eigenvalue weighted by molar-refractivity contribution is 5.77. The van der Waals surface area contributed by atoms with Crippen LogP contribution in [0.5, 0.6) is 5.75 Å². The summed E-state index contributed by atoms with van der Waals surface area (Å²) in [6.45, 7) is 10.6. The Labute approximate surface area is 184 Å². The van der Waals surface area contributed by atoms with Crippen molar-refractivity contribution in [2.24, 2.45) is 5.41 Å². The second kappa shape index (κ2) is 8.68. The summed E-state index contributed by atoms with van der Waals surface area (Å²) >= 11 is 0. The molecule has 0 aliphatic carbocycles. The van der Waals surface area contributed by atoms with Crippen molar-refractivity contribution in [3.05, 3.63) is 53.6 Å². The van der Waals surface area contributed by atoms with E-state index in [2.05, 4.69) is 76.6 Å². The fourth-order valence-corrected chi connectivity index (χ4v) is 4.46. The first-order valence-electron chi connectivity index (χ1n) is 11.0. The zero-order valence-corrected chi connectivity index (χ0v) is 18.9. The molecular formula is C25H31N5O. The van der Waals surface area contributed by atoms with Crippen LogP contribution in [0.2, 0.25) is 0 Å². The molecule has 4 rings (SSSR count). The van der Waals surface area contributed by atoms with E-state index in [0.717, 1.165) is 55.8 Å². The van der Waals surface area contributed by atoms with Crippen molar-refractivity contribution in [2.75, 3.05) is 20.2 Å². The summed E-state index contributed by atoms with van der Waals surface area (Å²) in [5.41, 5.74) is 3.63. The van der Waals surface area contributed by atoms with Gasteiger partial charge in [0.2, 0.25) is 5.82 Å². The topological polar surface area (TPSA) is 67.0 Å². The molecule has 0 spiro atoms. The van der Waals surface area contributed by atoms with E-state index in [1.165, 1.54) is 11.3 Å². The van der Waals surface area contributed by atoms with Gasteiger partial charge in [0.15, 0.2) is 0 Å². The predicted octanol–water partition coefficient (Wildman–Crippen LogP) is 4.74. The van der Waals surface area contributed by atoms with E-state index in [0.29, 0.717) is 5.92 Å². The lowest BCUT2D eigenvalue weighted by molar-refractivity contribution is 0.198. The van der Waals surface area contributed by atoms with E-state index in [1.54, 1.807) is 13.3 Å². The summed E-state index contributed by atoms with van der Waals surface area (Å²) in [4.78, 5) is 11.2. The molecule has 6 heteroatoms. The van der Waals surface area contributed by atoms with Crippen LogP contribution in [-0.2, 0) is 13.1 Å². The molecule has 6 nitrogen and oxygen atoms in total. The van der Waals surface area contributed by atoms with Gasteiger partial charge in [-0.05, 0) is 61.0 Å². The van der Waals surface area contributed by atoms with Crippen LogP contribution in [0.1, 0.15) is 56.6 Å². The number of aromatic nitrogens is 3. The number of likely N-dealkylation sites (tertiary alicyclic amines) is 1. The molecule has 162 valence electrons. The van der Waals surface area contributed by atoms with Crippen LogP contribution in [0.3, 0.4) is 0 Å². The third-order valence-electron chi connectivity index (χ3n) is 6.01. The SMILES string of the molecule is COc1ccc(C2CCN(Cc3cc4cnc(C#N)nc4n3CC(C)(C)C)CC2)cc1. The van der Waals surface area contributed by atoms with Gasteiger partial charge >= 0.3 is 0 Å². The molecule has 2 aromatic heterocycles. The summed E-state index contributed by atoms with van der Waals surface area (Å²) in [7, 11) is 1.71. The molecule has 1 aromatic carbocycles. The van der Waals surface area contributed by atoms with Crippen LogP contribution in [0.15, 0.2) is 36.5 Å². The predicted molar refractivity (Wildman–Crippen MR) is 122 cm³/mol. The number of piperidine rings is 1. The van der Waals surface area contributed by atoms with Gasteiger partial charge in [-0.2, -0.15) is 5.26 Å². The lowest BCUT2D eigenvalue weighted by atomic mass is 9.89. The average Bonchev–Trinajstić information content (AvgIpc) is 3.09. The Kier molecular flexibility index (Phi) is 5.97. The fourth-order valence-electron chi connectivity index (χ4n) is 4.46. The van der Waals surface area contributed by atoms with Gasteiger partial charge in [0.25, 0.3) is 0 Å². The van der Waals surface area contributed by atoms with Crippen molar-refractivity contribution in [3.8, 4) is 11.8 Å². The molecule has 1 aliphatic heterocycles. The number of ether oxygens (including phenoxy) is 1. The first kappa shape index (κ1) is 21.3. The zero-order valence-electron chi connectivity index (χ0n) is 18.9. The summed E-state index contributed by atoms with van der Waals surface area (Å²) in [5, 5.41) is 10.2. The summed E-state index contributed by atoms with van der Waals surface area (Å²) in [6, 6.07) is 12.8. The Morgan fingerprint density at radius 3 is 2.48 bits per heavy atom. The van der Waals surface area contributed by atoms with Crippen molar-refractivity contribution in [1.29, 1.82) is 5.26 Å². The van der Waals surface area contributed by atoms with Crippen molar-refractivity contribution < 1.29 is 4.74 Å². The third kappa shape index (κ3) is 4.88. The number of benzene rings is 1. The minimum absolute atomic E-state index is 0.111. The molecule has 0 amide bonds. The first-order chi connectivity index (χ1) is 14.9. The second-order valence-corrected chi connectivity index (χ2v) is 9.69. The normalized spacial score (nSPS) is 15.8. The standard InChI is InChI=1S/C25H31N5O/c1-25(2,3)17-30-21(13-20-15-27-23(14-26)28-24(20)30)16-29-11-9-19(10-12-29)18-5-7-22(31-4)8-6-18/h5-8,13,15,19H,9-12,16-17H2,1-4H3. The maximum atomic E-state index is 9.24. The number of fused-ring (bicyclic) bond motifs is 1. The van der Waals surface area contributed by atoms with E-state index >= 15 is 0 Å². The number of nitriles is 1. The van der Waals surface area contributed by atoms with E-state index < -0.39 is 0 Å². The molecule has 31 heavy (non-hydrogen) atoms. The molecule has 1 saturated heterocycles. The molecule has 0 unspecified atom stereocenters. The van der Waals surface area contributed by atoms with E-state index in [-0.39, 0.29) is 11.2 Å². The number of hydrogen-bond acceptors (Lipinski definition) is 5. The van der Waals surface area contributed by atoms with E-state index in [4.69, 9.17) is 4.74 Å². The van der Waals surface area contributed by atoms with Crippen molar-refractivity contribution >= 4 is 11.0 Å². The Morgan fingerprint density at radius 2 is 1.87 bits per heavy atom. The van der Waals surface area contributed by atoms with Gasteiger partial charge in [0.05, 0.1) is 7.11 Å². The van der Waals surface area contributed by atoms with Crippen LogP contribution < -0.4 is 4.74 Å². The van der Waals surface area contributed by atoms with Crippen LogP contribution in [0, 0.1) is 16.7 Å². The molecule has 0 atom stereocenters. The minimum Gasteiger partial charge on any atom is -0.497 e. The van der Waals surface area contributed by atoms with E-state index in [9.17, 15) is 5.26 Å². The van der Waals surface area contributed by atoms with Gasteiger partial charge in [-0.25, -0.2) is 9.97 Å². The number of rotatable bonds is 5. The summed E-state index contributed by atoms with van der Waals surface area (Å²) < 4.78 is 7.57. The average molecular weight is 418 g/mol. The fraction of sp³-hybridized carbons (Fsp3) is 0.480. The first-order valence-corrected chi connectivity index (χ1v) is 11.0. The number of hydrogen-bond donors (Lipinski definition) is 0. The Morgan fingerprint density at radius 1 is 1.16 bits per heavy atom. The molecule has 0 N–H and O–H groups in total. The van der Waals surface area contributed by atoms with Crippen molar-refractivity contribution in [3.63, 3.8) is 0 Å². The maximum Gasteiger partial charge on any atom is 0.234 e.